The van der Waals surface area contributed by atoms with Crippen molar-refractivity contribution in [3.63, 3.8) is 0 Å². The number of para-hydroxylation sites is 1. The van der Waals surface area contributed by atoms with Gasteiger partial charge in [0.2, 0.25) is 5.91 Å². The minimum absolute atomic E-state index is 0.191. The van der Waals surface area contributed by atoms with Gasteiger partial charge in [0.25, 0.3) is 0 Å². The smallest absolute Gasteiger partial charge is 0.220 e. The van der Waals surface area contributed by atoms with Crippen molar-refractivity contribution < 1.29 is 4.79 Å². The first-order chi connectivity index (χ1) is 14.1. The molecule has 1 heterocycles. The predicted molar refractivity (Wildman–Crippen MR) is 120 cm³/mol. The molecule has 0 aliphatic heterocycles. The molecule has 0 bridgehead atoms. The van der Waals surface area contributed by atoms with Crippen LogP contribution in [-0.4, -0.2) is 16.5 Å². The van der Waals surface area contributed by atoms with E-state index in [0.29, 0.717) is 24.3 Å². The molecule has 3 nitrogen and oxygen atoms in total. The van der Waals surface area contributed by atoms with Crippen LogP contribution in [0.3, 0.4) is 0 Å². The normalized spacial score (nSPS) is 21.9. The second-order valence-electron chi connectivity index (χ2n) is 8.73. The highest BCUT2D eigenvalue weighted by Crippen LogP contribution is 2.29. The fraction of sp³-hybridized carbons (Fsp3) is 0.423. The number of hydrogen-bond donors (Lipinski definition) is 1. The van der Waals surface area contributed by atoms with E-state index in [2.05, 4.69) is 84.5 Å². The first-order valence-electron chi connectivity index (χ1n) is 11.0. The Morgan fingerprint density at radius 2 is 1.79 bits per heavy atom. The molecular formula is C26H32N2O. The number of rotatable bonds is 6. The quantitative estimate of drug-likeness (QED) is 0.589. The highest BCUT2D eigenvalue weighted by Gasteiger charge is 2.28. The van der Waals surface area contributed by atoms with Crippen LogP contribution in [0.2, 0.25) is 0 Å². The molecule has 0 radical (unpaired) electrons. The number of fused-ring (bicyclic) bond motifs is 1. The Bertz CT molecular complexity index is 959. The summed E-state index contributed by atoms with van der Waals surface area (Å²) < 4.78 is 2.31. The number of amides is 1. The first-order valence-corrected chi connectivity index (χ1v) is 11.0. The van der Waals surface area contributed by atoms with Crippen LogP contribution in [0.4, 0.5) is 0 Å². The lowest BCUT2D eigenvalue weighted by Gasteiger charge is -2.34. The Morgan fingerprint density at radius 1 is 1.03 bits per heavy atom. The lowest BCUT2D eigenvalue weighted by molar-refractivity contribution is -0.122. The molecule has 0 saturated heterocycles. The summed E-state index contributed by atoms with van der Waals surface area (Å²) in [7, 11) is 0. The third kappa shape index (κ3) is 4.55. The van der Waals surface area contributed by atoms with Crippen LogP contribution in [0.5, 0.6) is 0 Å². The molecule has 1 N–H and O–H groups in total. The predicted octanol–water partition coefficient (Wildman–Crippen LogP) is 5.56. The van der Waals surface area contributed by atoms with Crippen LogP contribution < -0.4 is 5.32 Å². The van der Waals surface area contributed by atoms with E-state index in [1.54, 1.807) is 0 Å². The minimum atomic E-state index is 0.191. The fourth-order valence-corrected chi connectivity index (χ4v) is 4.75. The number of nitrogens with zero attached hydrogens (tertiary/aromatic N) is 1. The van der Waals surface area contributed by atoms with E-state index in [9.17, 15) is 4.79 Å². The number of aromatic nitrogens is 1. The molecule has 0 unspecified atom stereocenters. The van der Waals surface area contributed by atoms with Gasteiger partial charge in [0, 0.05) is 36.1 Å². The van der Waals surface area contributed by atoms with Crippen LogP contribution in [0, 0.1) is 11.8 Å². The summed E-state index contributed by atoms with van der Waals surface area (Å²) in [5.74, 6) is 1.46. The average molecular weight is 389 g/mol. The van der Waals surface area contributed by atoms with Gasteiger partial charge in [0.1, 0.15) is 0 Å². The molecule has 1 amide bonds. The van der Waals surface area contributed by atoms with Gasteiger partial charge in [-0.25, -0.2) is 0 Å². The number of aryl methyl sites for hydroxylation is 1. The maximum atomic E-state index is 12.7. The maximum absolute atomic E-state index is 12.7. The molecule has 4 rings (SSSR count). The average Bonchev–Trinajstić information content (AvgIpc) is 3.08. The molecule has 2 aromatic carbocycles. The minimum Gasteiger partial charge on any atom is -0.353 e. The number of hydrogen-bond acceptors (Lipinski definition) is 1. The number of carbonyl (C=O) groups excluding carboxylic acids is 1. The standard InChI is InChI=1S/C26H32N2O/c1-19-9-8-13-24(20(19)2)27-26(29)16-15-22-18-28(17-21-10-4-3-5-11-21)25-14-7-6-12-23(22)25/h3-7,10-12,14,18-20,24H,8-9,13,15-17H2,1-2H3,(H,27,29)/t19-,20+,24+/m1/s1. The summed E-state index contributed by atoms with van der Waals surface area (Å²) in [6, 6.07) is 19.4. The maximum Gasteiger partial charge on any atom is 0.220 e. The molecular weight excluding hydrogens is 356 g/mol. The number of carbonyl (C=O) groups is 1. The van der Waals surface area contributed by atoms with E-state index in [-0.39, 0.29) is 5.91 Å². The summed E-state index contributed by atoms with van der Waals surface area (Å²) in [6.07, 6.45) is 7.20. The topological polar surface area (TPSA) is 34.0 Å². The molecule has 1 fully saturated rings. The third-order valence-electron chi connectivity index (χ3n) is 6.74. The van der Waals surface area contributed by atoms with Crippen molar-refractivity contribution in [1.82, 2.24) is 9.88 Å². The van der Waals surface area contributed by atoms with Gasteiger partial charge in [-0.1, -0.05) is 75.2 Å². The van der Waals surface area contributed by atoms with E-state index in [1.807, 2.05) is 0 Å². The molecule has 3 heteroatoms. The first kappa shape index (κ1) is 19.8. The van der Waals surface area contributed by atoms with Crippen LogP contribution >= 0.6 is 0 Å². The van der Waals surface area contributed by atoms with Gasteiger partial charge in [-0.2, -0.15) is 0 Å². The van der Waals surface area contributed by atoms with E-state index in [4.69, 9.17) is 0 Å². The molecule has 29 heavy (non-hydrogen) atoms. The van der Waals surface area contributed by atoms with Crippen LogP contribution in [0.15, 0.2) is 60.8 Å². The summed E-state index contributed by atoms with van der Waals surface area (Å²) in [4.78, 5) is 12.7. The monoisotopic (exact) mass is 388 g/mol. The second kappa shape index (κ2) is 8.86. The van der Waals surface area contributed by atoms with E-state index < -0.39 is 0 Å². The molecule has 152 valence electrons. The van der Waals surface area contributed by atoms with Crippen LogP contribution in [0.1, 0.15) is 50.7 Å². The highest BCUT2D eigenvalue weighted by atomic mass is 16.1. The van der Waals surface area contributed by atoms with Crippen molar-refractivity contribution >= 4 is 16.8 Å². The van der Waals surface area contributed by atoms with Crippen molar-refractivity contribution in [3.8, 4) is 0 Å². The Balaban J connectivity index is 1.45. The van der Waals surface area contributed by atoms with Crippen molar-refractivity contribution in [2.45, 2.75) is 58.5 Å². The van der Waals surface area contributed by atoms with Gasteiger partial charge < -0.3 is 9.88 Å². The Kier molecular flexibility index (Phi) is 6.03. The lowest BCUT2D eigenvalue weighted by atomic mass is 9.78. The lowest BCUT2D eigenvalue weighted by Crippen LogP contribution is -2.43. The van der Waals surface area contributed by atoms with E-state index in [0.717, 1.165) is 19.4 Å². The summed E-state index contributed by atoms with van der Waals surface area (Å²) in [5.41, 5.74) is 3.79. The zero-order chi connectivity index (χ0) is 20.2. The summed E-state index contributed by atoms with van der Waals surface area (Å²) >= 11 is 0. The van der Waals surface area contributed by atoms with Crippen molar-refractivity contribution in [2.24, 2.45) is 11.8 Å². The van der Waals surface area contributed by atoms with Gasteiger partial charge in [-0.05, 0) is 41.9 Å². The van der Waals surface area contributed by atoms with Gasteiger partial charge in [-0.3, -0.25) is 4.79 Å². The number of nitrogens with one attached hydrogen (secondary N) is 1. The van der Waals surface area contributed by atoms with Crippen LogP contribution in [0.25, 0.3) is 10.9 Å². The Hall–Kier alpha value is -2.55. The van der Waals surface area contributed by atoms with Gasteiger partial charge in [-0.15, -0.1) is 0 Å². The largest absolute Gasteiger partial charge is 0.353 e. The Labute approximate surface area is 174 Å². The van der Waals surface area contributed by atoms with E-state index in [1.165, 1.54) is 34.9 Å². The van der Waals surface area contributed by atoms with Crippen molar-refractivity contribution in [3.05, 3.63) is 71.9 Å². The summed E-state index contributed by atoms with van der Waals surface area (Å²) in [6.45, 7) is 5.45. The molecule has 3 aromatic rings. The van der Waals surface area contributed by atoms with Crippen molar-refractivity contribution in [2.75, 3.05) is 0 Å². The Morgan fingerprint density at radius 3 is 2.62 bits per heavy atom. The molecule has 0 spiro atoms. The van der Waals surface area contributed by atoms with Crippen molar-refractivity contribution in [1.29, 1.82) is 0 Å². The zero-order valence-corrected chi connectivity index (χ0v) is 17.6. The second-order valence-corrected chi connectivity index (χ2v) is 8.73. The highest BCUT2D eigenvalue weighted by molar-refractivity contribution is 5.85. The van der Waals surface area contributed by atoms with Crippen LogP contribution in [-0.2, 0) is 17.8 Å². The molecule has 1 aliphatic carbocycles. The van der Waals surface area contributed by atoms with Gasteiger partial charge in [0.05, 0.1) is 0 Å². The fourth-order valence-electron chi connectivity index (χ4n) is 4.75. The molecule has 1 aromatic heterocycles. The zero-order valence-electron chi connectivity index (χ0n) is 17.6. The number of benzene rings is 2. The van der Waals surface area contributed by atoms with Gasteiger partial charge in [0.15, 0.2) is 0 Å². The molecule has 1 saturated carbocycles. The van der Waals surface area contributed by atoms with Gasteiger partial charge >= 0.3 is 0 Å². The molecule has 3 atom stereocenters. The third-order valence-corrected chi connectivity index (χ3v) is 6.74. The van der Waals surface area contributed by atoms with E-state index >= 15 is 0 Å². The molecule has 1 aliphatic rings. The SMILES string of the molecule is C[C@H]1[C@H](C)CCC[C@@H]1NC(=O)CCc1cn(Cc2ccccc2)c2ccccc12. The summed E-state index contributed by atoms with van der Waals surface area (Å²) in [5, 5.41) is 4.58.